The summed E-state index contributed by atoms with van der Waals surface area (Å²) in [6.45, 7) is -0.105. The number of likely N-dealkylation sites (N-methyl/N-ethyl adjacent to an activating group) is 1. The van der Waals surface area contributed by atoms with Gasteiger partial charge < -0.3 is 9.15 Å². The van der Waals surface area contributed by atoms with Crippen molar-refractivity contribution in [1.82, 2.24) is 19.1 Å². The Balaban J connectivity index is 1.68. The standard InChI is InChI=1S/C24H30N4O8S3/c1-27(11-13-35-2)39(33,34)28-10-9-24(15-23(29)26-30,38(31,32)14-12-28)22-8-7-21(37-22)19-5-3-18(4-6-19)20-16-25-17-36-20/h3-8,16-17,30H,9-15H2,1-2H3,(H,26,29)/t24-/m0/s1. The van der Waals surface area contributed by atoms with E-state index in [0.29, 0.717) is 10.6 Å². The van der Waals surface area contributed by atoms with Crippen LogP contribution in [0, 0.1) is 0 Å². The summed E-state index contributed by atoms with van der Waals surface area (Å²) in [5.74, 6) is -0.750. The second kappa shape index (κ2) is 11.8. The van der Waals surface area contributed by atoms with E-state index in [1.807, 2.05) is 24.3 Å². The highest BCUT2D eigenvalue weighted by atomic mass is 32.2. The van der Waals surface area contributed by atoms with Crippen molar-refractivity contribution in [3.63, 3.8) is 0 Å². The molecule has 1 saturated heterocycles. The maximum Gasteiger partial charge on any atom is 0.281 e. The molecule has 1 aromatic carbocycles. The summed E-state index contributed by atoms with van der Waals surface area (Å²) in [5, 5.41) is 9.26. The van der Waals surface area contributed by atoms with Crippen molar-refractivity contribution in [2.45, 2.75) is 17.6 Å². The van der Waals surface area contributed by atoms with E-state index in [1.165, 1.54) is 37.4 Å². The number of sulfone groups is 1. The minimum Gasteiger partial charge on any atom is -0.444 e. The van der Waals surface area contributed by atoms with Crippen LogP contribution in [0.4, 0.5) is 0 Å². The topological polar surface area (TPSA) is 159 Å². The Hall–Kier alpha value is -2.66. The first kappa shape index (κ1) is 29.3. The zero-order chi connectivity index (χ0) is 28.3. The summed E-state index contributed by atoms with van der Waals surface area (Å²) in [4.78, 5) is 17.5. The van der Waals surface area contributed by atoms with Gasteiger partial charge in [-0.05, 0) is 24.1 Å². The van der Waals surface area contributed by atoms with Crippen LogP contribution >= 0.6 is 11.3 Å². The highest BCUT2D eigenvalue weighted by Gasteiger charge is 2.50. The van der Waals surface area contributed by atoms with Crippen molar-refractivity contribution in [3.8, 4) is 21.8 Å². The number of carbonyl (C=O) groups excluding carboxylic acids is 1. The number of hydrogen-bond donors (Lipinski definition) is 2. The molecule has 4 rings (SSSR count). The number of nitrogens with one attached hydrogen (secondary N) is 1. The second-order valence-corrected chi connectivity index (χ2v) is 14.6. The minimum absolute atomic E-state index is 0.101. The molecule has 0 bridgehead atoms. The zero-order valence-electron chi connectivity index (χ0n) is 21.4. The number of ether oxygens (including phenoxy) is 1. The van der Waals surface area contributed by atoms with Crippen LogP contribution in [0.2, 0.25) is 0 Å². The summed E-state index contributed by atoms with van der Waals surface area (Å²) in [6.07, 6.45) is 2.23. The van der Waals surface area contributed by atoms with Gasteiger partial charge in [-0.25, -0.2) is 18.9 Å². The van der Waals surface area contributed by atoms with Crippen molar-refractivity contribution < 1.29 is 36.0 Å². The molecule has 3 heterocycles. The van der Waals surface area contributed by atoms with E-state index in [4.69, 9.17) is 9.15 Å². The summed E-state index contributed by atoms with van der Waals surface area (Å²) < 4.78 is 64.7. The van der Waals surface area contributed by atoms with Gasteiger partial charge in [0.1, 0.15) is 4.75 Å². The highest BCUT2D eigenvalue weighted by molar-refractivity contribution is 7.92. The first-order valence-electron chi connectivity index (χ1n) is 12.0. The van der Waals surface area contributed by atoms with E-state index in [9.17, 15) is 26.8 Å². The Bertz CT molecular complexity index is 1490. The summed E-state index contributed by atoms with van der Waals surface area (Å²) in [7, 11) is -5.16. The molecule has 2 N–H and O–H groups in total. The van der Waals surface area contributed by atoms with Gasteiger partial charge in [0, 0.05) is 49.1 Å². The molecule has 0 saturated carbocycles. The van der Waals surface area contributed by atoms with E-state index >= 15 is 0 Å². The molecular formula is C24H30N4O8S3. The number of oxazole rings is 1. The molecule has 3 aromatic rings. The van der Waals surface area contributed by atoms with Gasteiger partial charge in [-0.15, -0.1) is 11.3 Å². The molecular weight excluding hydrogens is 568 g/mol. The molecule has 0 aliphatic carbocycles. The van der Waals surface area contributed by atoms with Gasteiger partial charge in [-0.2, -0.15) is 17.0 Å². The lowest BCUT2D eigenvalue weighted by molar-refractivity contribution is -0.129. The number of hydroxylamine groups is 1. The lowest BCUT2D eigenvalue weighted by atomic mass is 9.97. The summed E-state index contributed by atoms with van der Waals surface area (Å²) in [6, 6.07) is 10.9. The number of nitrogens with zero attached hydrogens (tertiary/aromatic N) is 3. The number of benzene rings is 1. The molecule has 15 heteroatoms. The molecule has 212 valence electrons. The number of rotatable bonds is 10. The predicted molar refractivity (Wildman–Crippen MR) is 145 cm³/mol. The highest BCUT2D eigenvalue weighted by Crippen LogP contribution is 2.45. The summed E-state index contributed by atoms with van der Waals surface area (Å²) >= 11 is 1.21. The second-order valence-electron chi connectivity index (χ2n) is 9.10. The van der Waals surface area contributed by atoms with Crippen LogP contribution in [0.25, 0.3) is 21.8 Å². The lowest BCUT2D eigenvalue weighted by Gasteiger charge is -2.30. The lowest BCUT2D eigenvalue weighted by Crippen LogP contribution is -2.44. The Morgan fingerprint density at radius 2 is 1.95 bits per heavy atom. The van der Waals surface area contributed by atoms with Gasteiger partial charge in [0.15, 0.2) is 22.0 Å². The number of hydrogen-bond acceptors (Lipinski definition) is 10. The molecule has 39 heavy (non-hydrogen) atoms. The third-order valence-electron chi connectivity index (χ3n) is 6.81. The molecule has 12 nitrogen and oxygen atoms in total. The third-order valence-corrected chi connectivity index (χ3v) is 12.7. The van der Waals surface area contributed by atoms with Crippen LogP contribution in [-0.4, -0.2) is 87.7 Å². The van der Waals surface area contributed by atoms with Crippen LogP contribution in [-0.2, 0) is 34.3 Å². The average molecular weight is 599 g/mol. The molecule has 0 spiro atoms. The van der Waals surface area contributed by atoms with E-state index in [0.717, 1.165) is 24.6 Å². The molecule has 0 radical (unpaired) electrons. The van der Waals surface area contributed by atoms with Crippen molar-refractivity contribution in [2.24, 2.45) is 0 Å². The Morgan fingerprint density at radius 1 is 1.23 bits per heavy atom. The molecule has 1 fully saturated rings. The third kappa shape index (κ3) is 5.94. The SMILES string of the molecule is COCCN(C)S(=O)(=O)N1CC[C@](CC(=O)NO)(c2ccc(-c3ccc(-c4cnco4)cc3)s2)S(=O)(=O)CC1. The monoisotopic (exact) mass is 598 g/mol. The van der Waals surface area contributed by atoms with Crippen LogP contribution in [0.15, 0.2) is 53.4 Å². The van der Waals surface area contributed by atoms with Gasteiger partial charge in [-0.3, -0.25) is 10.0 Å². The fourth-order valence-electron chi connectivity index (χ4n) is 4.51. The van der Waals surface area contributed by atoms with Gasteiger partial charge in [0.05, 0.1) is 25.0 Å². The molecule has 0 unspecified atom stereocenters. The minimum atomic E-state index is -4.05. The molecule has 1 aliphatic heterocycles. The zero-order valence-corrected chi connectivity index (χ0v) is 23.9. The number of aromatic nitrogens is 1. The predicted octanol–water partition coefficient (Wildman–Crippen LogP) is 2.10. The van der Waals surface area contributed by atoms with Crippen molar-refractivity contribution in [1.29, 1.82) is 0 Å². The van der Waals surface area contributed by atoms with E-state index in [-0.39, 0.29) is 32.7 Å². The van der Waals surface area contributed by atoms with Gasteiger partial charge in [0.2, 0.25) is 5.91 Å². The fourth-order valence-corrected chi connectivity index (χ4v) is 9.58. The van der Waals surface area contributed by atoms with Gasteiger partial charge in [0.25, 0.3) is 10.2 Å². The van der Waals surface area contributed by atoms with Crippen LogP contribution in [0.3, 0.4) is 0 Å². The number of methoxy groups -OCH3 is 1. The largest absolute Gasteiger partial charge is 0.444 e. The smallest absolute Gasteiger partial charge is 0.281 e. The van der Waals surface area contributed by atoms with Crippen molar-refractivity contribution >= 4 is 37.3 Å². The van der Waals surface area contributed by atoms with Crippen LogP contribution in [0.5, 0.6) is 0 Å². The van der Waals surface area contributed by atoms with Crippen molar-refractivity contribution in [3.05, 3.63) is 53.9 Å². The number of amides is 1. The average Bonchev–Trinajstić information content (AvgIpc) is 3.61. The maximum atomic E-state index is 13.8. The summed E-state index contributed by atoms with van der Waals surface area (Å²) in [5.41, 5.74) is 3.19. The quantitative estimate of drug-likeness (QED) is 0.263. The Morgan fingerprint density at radius 3 is 2.59 bits per heavy atom. The number of carbonyl (C=O) groups is 1. The van der Waals surface area contributed by atoms with E-state index in [2.05, 4.69) is 4.98 Å². The van der Waals surface area contributed by atoms with Gasteiger partial charge >= 0.3 is 0 Å². The maximum absolute atomic E-state index is 13.8. The first-order valence-corrected chi connectivity index (χ1v) is 15.9. The number of thiophene rings is 1. The van der Waals surface area contributed by atoms with E-state index in [1.54, 1.807) is 18.3 Å². The Kier molecular flexibility index (Phi) is 8.90. The van der Waals surface area contributed by atoms with Crippen LogP contribution < -0.4 is 5.48 Å². The van der Waals surface area contributed by atoms with E-state index < -0.39 is 42.9 Å². The van der Waals surface area contributed by atoms with Crippen molar-refractivity contribution in [2.75, 3.05) is 46.2 Å². The molecule has 1 amide bonds. The fraction of sp³-hybridized carbons (Fsp3) is 0.417. The first-order chi connectivity index (χ1) is 18.5. The molecule has 1 aliphatic rings. The van der Waals surface area contributed by atoms with Gasteiger partial charge in [-0.1, -0.05) is 24.3 Å². The molecule has 2 aromatic heterocycles. The molecule has 1 atom stereocenters. The van der Waals surface area contributed by atoms with Crippen LogP contribution in [0.1, 0.15) is 17.7 Å². The Labute approximate surface area is 231 Å². The normalized spacial score (nSPS) is 20.1.